The molecule has 0 saturated carbocycles. The van der Waals surface area contributed by atoms with Crippen LogP contribution in [0.2, 0.25) is 0 Å². The third-order valence-corrected chi connectivity index (χ3v) is 5.42. The number of likely N-dealkylation sites (N-methyl/N-ethyl adjacent to an activating group) is 1. The molecule has 1 N–H and O–H groups in total. The summed E-state index contributed by atoms with van der Waals surface area (Å²) in [6.45, 7) is 1.50. The van der Waals surface area contributed by atoms with E-state index in [0.29, 0.717) is 17.9 Å². The van der Waals surface area contributed by atoms with Crippen LogP contribution in [-0.4, -0.2) is 35.1 Å². The minimum Gasteiger partial charge on any atom is -0.468 e. The van der Waals surface area contributed by atoms with Gasteiger partial charge in [-0.1, -0.05) is 30.3 Å². The van der Waals surface area contributed by atoms with Crippen LogP contribution in [0.15, 0.2) is 65.5 Å². The average molecular weight is 386 g/mol. The van der Waals surface area contributed by atoms with Crippen molar-refractivity contribution in [1.82, 2.24) is 14.5 Å². The Morgan fingerprint density at radius 3 is 2.72 bits per heavy atom. The monoisotopic (exact) mass is 386 g/mol. The van der Waals surface area contributed by atoms with Crippen molar-refractivity contribution in [3.63, 3.8) is 0 Å². The highest BCUT2D eigenvalue weighted by atomic mass is 16.5. The Hall–Kier alpha value is -3.38. The van der Waals surface area contributed by atoms with Crippen LogP contribution in [0.4, 0.5) is 0 Å². The van der Waals surface area contributed by atoms with Crippen molar-refractivity contribution in [2.45, 2.75) is 12.5 Å². The Balaban J connectivity index is 1.77. The molecule has 0 fully saturated rings. The van der Waals surface area contributed by atoms with Gasteiger partial charge in [0.05, 0.1) is 17.7 Å². The maximum Gasteiger partial charge on any atom is 0.228 e. The average Bonchev–Trinajstić information content (AvgIpc) is 3.26. The van der Waals surface area contributed by atoms with Crippen molar-refractivity contribution in [3.05, 3.63) is 83.5 Å². The van der Waals surface area contributed by atoms with Gasteiger partial charge in [0, 0.05) is 18.7 Å². The second-order valence-electron chi connectivity index (χ2n) is 7.56. The smallest absolute Gasteiger partial charge is 0.228 e. The lowest BCUT2D eigenvalue weighted by Gasteiger charge is -2.28. The van der Waals surface area contributed by atoms with E-state index in [2.05, 4.69) is 28.1 Å². The van der Waals surface area contributed by atoms with Gasteiger partial charge in [-0.3, -0.25) is 5.41 Å². The Bertz CT molecular complexity index is 1240. The number of ether oxygens (including phenoxy) is 1. The lowest BCUT2D eigenvalue weighted by Crippen LogP contribution is -2.32. The Morgan fingerprint density at radius 1 is 1.07 bits per heavy atom. The van der Waals surface area contributed by atoms with E-state index in [9.17, 15) is 0 Å². The molecule has 1 aliphatic heterocycles. The van der Waals surface area contributed by atoms with Gasteiger partial charge in [-0.25, -0.2) is 4.98 Å². The van der Waals surface area contributed by atoms with E-state index in [-0.39, 0.29) is 5.92 Å². The van der Waals surface area contributed by atoms with Gasteiger partial charge in [0.1, 0.15) is 23.3 Å². The molecule has 0 amide bonds. The zero-order valence-electron chi connectivity index (χ0n) is 16.4. The van der Waals surface area contributed by atoms with Crippen LogP contribution >= 0.6 is 0 Å². The van der Waals surface area contributed by atoms with Crippen LogP contribution < -0.4 is 10.2 Å². The first-order chi connectivity index (χ1) is 14.1. The van der Waals surface area contributed by atoms with Crippen molar-refractivity contribution in [1.29, 1.82) is 5.41 Å². The molecular formula is C23H22N4O2. The van der Waals surface area contributed by atoms with Gasteiger partial charge in [0.2, 0.25) is 5.88 Å². The highest BCUT2D eigenvalue weighted by Gasteiger charge is 2.35. The number of nitrogens with zero attached hydrogens (tertiary/aromatic N) is 3. The third kappa shape index (κ3) is 2.93. The van der Waals surface area contributed by atoms with Gasteiger partial charge in [0.25, 0.3) is 0 Å². The fourth-order valence-electron chi connectivity index (χ4n) is 3.98. The minimum atomic E-state index is -0.248. The predicted molar refractivity (Wildman–Crippen MR) is 110 cm³/mol. The Morgan fingerprint density at radius 2 is 1.93 bits per heavy atom. The number of aromatic nitrogens is 2. The molecule has 2 aromatic heterocycles. The highest BCUT2D eigenvalue weighted by molar-refractivity contribution is 5.90. The summed E-state index contributed by atoms with van der Waals surface area (Å²) in [7, 11) is 4.04. The van der Waals surface area contributed by atoms with Crippen molar-refractivity contribution in [2.24, 2.45) is 0 Å². The first-order valence-corrected chi connectivity index (χ1v) is 9.65. The minimum absolute atomic E-state index is 0.248. The van der Waals surface area contributed by atoms with E-state index in [4.69, 9.17) is 14.6 Å². The van der Waals surface area contributed by atoms with Crippen molar-refractivity contribution in [2.75, 3.05) is 20.6 Å². The van der Waals surface area contributed by atoms with Gasteiger partial charge < -0.3 is 18.6 Å². The molecule has 2 aromatic carbocycles. The topological polar surface area (TPSA) is 67.3 Å². The fourth-order valence-corrected chi connectivity index (χ4v) is 3.98. The van der Waals surface area contributed by atoms with E-state index >= 15 is 0 Å². The summed E-state index contributed by atoms with van der Waals surface area (Å²) in [5, 5.41) is 11.2. The first-order valence-electron chi connectivity index (χ1n) is 9.65. The molecule has 1 aliphatic rings. The maximum atomic E-state index is 8.93. The quantitative estimate of drug-likeness (QED) is 0.508. The normalized spacial score (nSPS) is 15.2. The zero-order valence-corrected chi connectivity index (χ0v) is 16.4. The molecule has 6 nitrogen and oxygen atoms in total. The fraction of sp³-hybridized carbons (Fsp3) is 0.217. The molecular weight excluding hydrogens is 364 g/mol. The van der Waals surface area contributed by atoms with Gasteiger partial charge in [-0.15, -0.1) is 0 Å². The summed E-state index contributed by atoms with van der Waals surface area (Å²) in [6, 6.07) is 16.1. The summed E-state index contributed by atoms with van der Waals surface area (Å²) in [5.41, 5.74) is 2.16. The molecule has 0 spiro atoms. The molecule has 3 heterocycles. The second-order valence-corrected chi connectivity index (χ2v) is 7.56. The van der Waals surface area contributed by atoms with Gasteiger partial charge >= 0.3 is 0 Å². The zero-order chi connectivity index (χ0) is 20.0. The van der Waals surface area contributed by atoms with Crippen LogP contribution in [0.3, 0.4) is 0 Å². The molecule has 0 bridgehead atoms. The number of rotatable bonds is 4. The molecule has 0 aliphatic carbocycles. The lowest BCUT2D eigenvalue weighted by molar-refractivity contribution is 0.369. The van der Waals surface area contributed by atoms with Gasteiger partial charge in [-0.05, 0) is 43.1 Å². The predicted octanol–water partition coefficient (Wildman–Crippen LogP) is 3.96. The molecule has 5 rings (SSSR count). The Kier molecular flexibility index (Phi) is 4.21. The van der Waals surface area contributed by atoms with Crippen LogP contribution in [0.25, 0.3) is 10.8 Å². The molecule has 29 heavy (non-hydrogen) atoms. The Labute approximate surface area is 168 Å². The number of benzene rings is 2. The van der Waals surface area contributed by atoms with Crippen LogP contribution in [0.1, 0.15) is 22.8 Å². The molecule has 0 radical (unpaired) electrons. The highest BCUT2D eigenvalue weighted by Crippen LogP contribution is 2.47. The summed E-state index contributed by atoms with van der Waals surface area (Å²) in [5.74, 6) is 1.77. The molecule has 1 atom stereocenters. The van der Waals surface area contributed by atoms with E-state index in [1.54, 1.807) is 12.6 Å². The number of hydrogen-bond acceptors (Lipinski definition) is 5. The lowest BCUT2D eigenvalue weighted by atomic mass is 9.84. The maximum absolute atomic E-state index is 8.93. The largest absolute Gasteiger partial charge is 0.468 e. The van der Waals surface area contributed by atoms with E-state index < -0.39 is 0 Å². The van der Waals surface area contributed by atoms with Crippen LogP contribution in [-0.2, 0) is 6.54 Å². The number of hydrogen-bond donors (Lipinski definition) is 1. The summed E-state index contributed by atoms with van der Waals surface area (Å²) in [6.07, 6.45) is 3.37. The van der Waals surface area contributed by atoms with Crippen LogP contribution in [0, 0.1) is 5.41 Å². The molecule has 146 valence electrons. The van der Waals surface area contributed by atoms with E-state index in [1.807, 2.05) is 49.0 Å². The number of nitrogens with one attached hydrogen (secondary N) is 1. The van der Waals surface area contributed by atoms with Crippen molar-refractivity contribution in [3.8, 4) is 11.6 Å². The van der Waals surface area contributed by atoms with Gasteiger partial charge in [0.15, 0.2) is 0 Å². The first kappa shape index (κ1) is 17.7. The molecule has 6 heteroatoms. The van der Waals surface area contributed by atoms with E-state index in [1.165, 1.54) is 0 Å². The van der Waals surface area contributed by atoms with E-state index in [0.717, 1.165) is 40.0 Å². The summed E-state index contributed by atoms with van der Waals surface area (Å²) < 4.78 is 13.9. The molecule has 4 aromatic rings. The molecule has 0 unspecified atom stereocenters. The molecule has 0 saturated heterocycles. The second kappa shape index (κ2) is 6.90. The summed E-state index contributed by atoms with van der Waals surface area (Å²) in [4.78, 5) is 6.65. The number of fused-ring (bicyclic) bond motifs is 4. The number of furan rings is 1. The van der Waals surface area contributed by atoms with Crippen molar-refractivity contribution < 1.29 is 9.15 Å². The standard InChI is InChI=1S/C23H22N4O2/c1-26(2)11-12-27-14-25-23-21(22(27)24)20(17-8-5-13-28-17)19-16-7-4-3-6-15(16)9-10-18(19)29-23/h3-10,13-14,20,24H,11-12H2,1-2H3/t20-/m0/s1. The van der Waals surface area contributed by atoms with Gasteiger partial charge in [-0.2, -0.15) is 0 Å². The third-order valence-electron chi connectivity index (χ3n) is 5.42. The van der Waals surface area contributed by atoms with Crippen LogP contribution in [0.5, 0.6) is 11.6 Å². The van der Waals surface area contributed by atoms with Crippen molar-refractivity contribution >= 4 is 10.8 Å². The summed E-state index contributed by atoms with van der Waals surface area (Å²) >= 11 is 0. The SMILES string of the molecule is CN(C)CCn1cnc2c(c1=N)[C@@H](c1ccco1)c1c(ccc3ccccc13)O2.